The van der Waals surface area contributed by atoms with Gasteiger partial charge in [-0.25, -0.2) is 13.2 Å². The van der Waals surface area contributed by atoms with E-state index in [0.717, 1.165) is 18.2 Å². The summed E-state index contributed by atoms with van der Waals surface area (Å²) in [5.41, 5.74) is 4.08. The molecule has 1 atom stereocenters. The molecule has 0 radical (unpaired) electrons. The van der Waals surface area contributed by atoms with Crippen molar-refractivity contribution in [3.05, 3.63) is 35.4 Å². The lowest BCUT2D eigenvalue weighted by Gasteiger charge is -2.23. The summed E-state index contributed by atoms with van der Waals surface area (Å²) in [5.74, 6) is -1.38. The molecule has 0 aliphatic carbocycles. The molecule has 0 fully saturated rings. The van der Waals surface area contributed by atoms with Crippen LogP contribution in [0.5, 0.6) is 0 Å². The third-order valence-electron chi connectivity index (χ3n) is 2.51. The largest absolute Gasteiger partial charge is 0.328 e. The average Bonchev–Trinajstić information content (AvgIpc) is 2.16. The van der Waals surface area contributed by atoms with Crippen molar-refractivity contribution in [3.63, 3.8) is 0 Å². The van der Waals surface area contributed by atoms with E-state index in [0.29, 0.717) is 18.4 Å². The highest BCUT2D eigenvalue weighted by molar-refractivity contribution is 5.20. The third-order valence-corrected chi connectivity index (χ3v) is 2.51. The summed E-state index contributed by atoms with van der Waals surface area (Å²) in [6.45, 7) is 1.70. The Labute approximate surface area is 93.5 Å². The van der Waals surface area contributed by atoms with Crippen molar-refractivity contribution in [2.75, 3.05) is 6.54 Å². The van der Waals surface area contributed by atoms with Crippen LogP contribution in [0.15, 0.2) is 18.2 Å². The number of halogens is 3. The van der Waals surface area contributed by atoms with Crippen LogP contribution in [0.4, 0.5) is 13.2 Å². The zero-order valence-electron chi connectivity index (χ0n) is 9.27. The Morgan fingerprint density at radius 1 is 1.19 bits per heavy atom. The number of hydrogen-bond donors (Lipinski definition) is 1. The van der Waals surface area contributed by atoms with Gasteiger partial charge in [0.15, 0.2) is 0 Å². The quantitative estimate of drug-likeness (QED) is 0.828. The highest BCUT2D eigenvalue weighted by atomic mass is 19.1. The lowest BCUT2D eigenvalue weighted by Crippen LogP contribution is -2.35. The smallest absolute Gasteiger partial charge is 0.127 e. The predicted octanol–water partition coefficient (Wildman–Crippen LogP) is 2.97. The average molecular weight is 231 g/mol. The molecule has 90 valence electrons. The predicted molar refractivity (Wildman–Crippen MR) is 57.9 cm³/mol. The van der Waals surface area contributed by atoms with Gasteiger partial charge in [-0.1, -0.05) is 13.3 Å². The van der Waals surface area contributed by atoms with E-state index in [2.05, 4.69) is 0 Å². The minimum Gasteiger partial charge on any atom is -0.328 e. The van der Waals surface area contributed by atoms with Crippen LogP contribution >= 0.6 is 0 Å². The monoisotopic (exact) mass is 231 g/mol. The Hall–Kier alpha value is -1.03. The number of nitrogens with two attached hydrogens (primary N) is 1. The number of hydrogen-bond acceptors (Lipinski definition) is 1. The Kier molecular flexibility index (Phi) is 4.35. The van der Waals surface area contributed by atoms with Crippen molar-refractivity contribution in [2.24, 2.45) is 5.73 Å². The zero-order chi connectivity index (χ0) is 12.2. The molecule has 0 spiro atoms. The molecule has 0 amide bonds. The first-order chi connectivity index (χ1) is 7.49. The van der Waals surface area contributed by atoms with Gasteiger partial charge in [0, 0.05) is 19.0 Å². The van der Waals surface area contributed by atoms with Crippen LogP contribution in [0.25, 0.3) is 0 Å². The second kappa shape index (κ2) is 5.34. The fourth-order valence-corrected chi connectivity index (χ4v) is 1.79. The molecule has 4 heteroatoms. The van der Waals surface area contributed by atoms with Crippen LogP contribution in [0.3, 0.4) is 0 Å². The molecule has 2 N–H and O–H groups in total. The van der Waals surface area contributed by atoms with Crippen LogP contribution in [-0.4, -0.2) is 12.2 Å². The minimum absolute atomic E-state index is 0.0496. The van der Waals surface area contributed by atoms with Gasteiger partial charge in [0.2, 0.25) is 0 Å². The van der Waals surface area contributed by atoms with Gasteiger partial charge < -0.3 is 5.73 Å². The van der Waals surface area contributed by atoms with E-state index in [1.165, 1.54) is 0 Å². The molecule has 0 saturated carbocycles. The molecular weight excluding hydrogens is 215 g/mol. The van der Waals surface area contributed by atoms with Crippen molar-refractivity contribution < 1.29 is 13.2 Å². The number of alkyl halides is 1. The van der Waals surface area contributed by atoms with Crippen molar-refractivity contribution in [3.8, 4) is 0 Å². The van der Waals surface area contributed by atoms with E-state index >= 15 is 0 Å². The summed E-state index contributed by atoms with van der Waals surface area (Å²) in [6, 6.07) is 3.05. The molecular formula is C12H16F3N. The Bertz CT molecular complexity index is 334. The standard InChI is InChI=1S/C12H16F3N/c1-2-3-12(15,8-16)7-9-4-10(13)6-11(14)5-9/h4-6H,2-3,7-8,16H2,1H3. The fourth-order valence-electron chi connectivity index (χ4n) is 1.79. The summed E-state index contributed by atoms with van der Waals surface area (Å²) in [5, 5.41) is 0. The fraction of sp³-hybridized carbons (Fsp3) is 0.500. The summed E-state index contributed by atoms with van der Waals surface area (Å²) in [6.07, 6.45) is 0.888. The molecule has 1 unspecified atom stereocenters. The molecule has 1 aromatic carbocycles. The van der Waals surface area contributed by atoms with Gasteiger partial charge in [-0.05, 0) is 24.1 Å². The summed E-state index contributed by atoms with van der Waals surface area (Å²) in [4.78, 5) is 0. The summed E-state index contributed by atoms with van der Waals surface area (Å²) < 4.78 is 39.9. The van der Waals surface area contributed by atoms with Crippen LogP contribution in [0, 0.1) is 11.6 Å². The highest BCUT2D eigenvalue weighted by Gasteiger charge is 2.27. The van der Waals surface area contributed by atoms with Gasteiger partial charge in [0.1, 0.15) is 17.3 Å². The SMILES string of the molecule is CCCC(F)(CN)Cc1cc(F)cc(F)c1. The lowest BCUT2D eigenvalue weighted by molar-refractivity contribution is 0.158. The molecule has 1 aromatic rings. The molecule has 0 aromatic heterocycles. The van der Waals surface area contributed by atoms with Crippen LogP contribution in [-0.2, 0) is 6.42 Å². The number of rotatable bonds is 5. The Morgan fingerprint density at radius 2 is 1.75 bits per heavy atom. The second-order valence-electron chi connectivity index (χ2n) is 4.06. The molecule has 0 saturated heterocycles. The highest BCUT2D eigenvalue weighted by Crippen LogP contribution is 2.23. The van der Waals surface area contributed by atoms with Gasteiger partial charge >= 0.3 is 0 Å². The first-order valence-electron chi connectivity index (χ1n) is 5.33. The van der Waals surface area contributed by atoms with Crippen LogP contribution in [0.1, 0.15) is 25.3 Å². The summed E-state index contributed by atoms with van der Waals surface area (Å²) >= 11 is 0. The third kappa shape index (κ3) is 3.52. The molecule has 1 rings (SSSR count). The van der Waals surface area contributed by atoms with Crippen molar-refractivity contribution in [2.45, 2.75) is 31.9 Å². The normalized spacial score (nSPS) is 14.8. The maximum absolute atomic E-state index is 14.1. The molecule has 16 heavy (non-hydrogen) atoms. The topological polar surface area (TPSA) is 26.0 Å². The van der Waals surface area contributed by atoms with Crippen molar-refractivity contribution in [1.29, 1.82) is 0 Å². The molecule has 0 heterocycles. The molecule has 1 nitrogen and oxygen atoms in total. The number of benzene rings is 1. The van der Waals surface area contributed by atoms with E-state index in [1.54, 1.807) is 0 Å². The Balaban J connectivity index is 2.85. The van der Waals surface area contributed by atoms with E-state index in [9.17, 15) is 13.2 Å². The van der Waals surface area contributed by atoms with Gasteiger partial charge in [-0.2, -0.15) is 0 Å². The molecule has 0 aliphatic heterocycles. The zero-order valence-corrected chi connectivity index (χ0v) is 9.27. The maximum Gasteiger partial charge on any atom is 0.127 e. The molecule has 0 aliphatic rings. The van der Waals surface area contributed by atoms with E-state index in [1.807, 2.05) is 6.92 Å². The van der Waals surface area contributed by atoms with Gasteiger partial charge in [0.05, 0.1) is 0 Å². The first kappa shape index (κ1) is 13.0. The van der Waals surface area contributed by atoms with Gasteiger partial charge in [-0.3, -0.25) is 0 Å². The van der Waals surface area contributed by atoms with Crippen molar-refractivity contribution >= 4 is 0 Å². The van der Waals surface area contributed by atoms with E-state index in [-0.39, 0.29) is 13.0 Å². The van der Waals surface area contributed by atoms with E-state index in [4.69, 9.17) is 5.73 Å². The van der Waals surface area contributed by atoms with Gasteiger partial charge in [-0.15, -0.1) is 0 Å². The van der Waals surface area contributed by atoms with Crippen LogP contribution in [0.2, 0.25) is 0 Å². The first-order valence-corrected chi connectivity index (χ1v) is 5.33. The van der Waals surface area contributed by atoms with Crippen molar-refractivity contribution in [1.82, 2.24) is 0 Å². The lowest BCUT2D eigenvalue weighted by atomic mass is 9.92. The van der Waals surface area contributed by atoms with Crippen LogP contribution < -0.4 is 5.73 Å². The second-order valence-corrected chi connectivity index (χ2v) is 4.06. The van der Waals surface area contributed by atoms with E-state index < -0.39 is 17.3 Å². The summed E-state index contributed by atoms with van der Waals surface area (Å²) in [7, 11) is 0. The minimum atomic E-state index is -1.57. The Morgan fingerprint density at radius 3 is 2.19 bits per heavy atom. The van der Waals surface area contributed by atoms with Gasteiger partial charge in [0.25, 0.3) is 0 Å². The maximum atomic E-state index is 14.1. The molecule has 0 bridgehead atoms.